The van der Waals surface area contributed by atoms with Crippen LogP contribution < -0.4 is 0 Å². The van der Waals surface area contributed by atoms with Crippen molar-refractivity contribution in [1.82, 2.24) is 0 Å². The Balaban J connectivity index is 1.56. The molecule has 1 unspecified atom stereocenters. The quantitative estimate of drug-likeness (QED) is 0.730. The van der Waals surface area contributed by atoms with Gasteiger partial charge in [0.1, 0.15) is 5.78 Å². The van der Waals surface area contributed by atoms with Crippen molar-refractivity contribution in [2.75, 3.05) is 0 Å². The molecule has 0 aliphatic heterocycles. The molecular formula is C24H38O4. The van der Waals surface area contributed by atoms with Crippen LogP contribution in [0.3, 0.4) is 0 Å². The lowest BCUT2D eigenvalue weighted by atomic mass is 9.44. The summed E-state index contributed by atoms with van der Waals surface area (Å²) >= 11 is 0. The van der Waals surface area contributed by atoms with Crippen LogP contribution in [-0.2, 0) is 9.59 Å². The molecule has 0 heterocycles. The topological polar surface area (TPSA) is 74.6 Å². The summed E-state index contributed by atoms with van der Waals surface area (Å²) in [5.41, 5.74) is 0.401. The fraction of sp³-hybridized carbons (Fsp3) is 0.917. The minimum atomic E-state index is -0.698. The van der Waals surface area contributed by atoms with E-state index in [2.05, 4.69) is 20.8 Å². The average molecular weight is 391 g/mol. The number of aliphatic hydroxyl groups is 1. The first-order valence-corrected chi connectivity index (χ1v) is 11.6. The molecule has 0 spiro atoms. The predicted octanol–water partition coefficient (Wildman–Crippen LogP) is 4.69. The largest absolute Gasteiger partial charge is 0.481 e. The van der Waals surface area contributed by atoms with E-state index in [1.54, 1.807) is 0 Å². The number of Topliss-reactive ketones (excluding diaryl/α,β-unsaturated/α-hetero) is 1. The van der Waals surface area contributed by atoms with E-state index in [1.807, 2.05) is 0 Å². The smallest absolute Gasteiger partial charge is 0.303 e. The van der Waals surface area contributed by atoms with Crippen molar-refractivity contribution in [2.24, 2.45) is 46.3 Å². The zero-order chi connectivity index (χ0) is 20.3. The van der Waals surface area contributed by atoms with E-state index >= 15 is 0 Å². The Kier molecular flexibility index (Phi) is 5.17. The highest BCUT2D eigenvalue weighted by atomic mass is 16.4. The summed E-state index contributed by atoms with van der Waals surface area (Å²) in [4.78, 5) is 24.4. The number of hydrogen-bond acceptors (Lipinski definition) is 3. The van der Waals surface area contributed by atoms with Gasteiger partial charge in [-0.25, -0.2) is 0 Å². The van der Waals surface area contributed by atoms with E-state index in [0.717, 1.165) is 44.9 Å². The van der Waals surface area contributed by atoms with Gasteiger partial charge in [0.25, 0.3) is 0 Å². The molecule has 4 aliphatic carbocycles. The summed E-state index contributed by atoms with van der Waals surface area (Å²) in [6, 6.07) is 0. The van der Waals surface area contributed by atoms with Gasteiger partial charge in [0, 0.05) is 18.8 Å². The van der Waals surface area contributed by atoms with Gasteiger partial charge in [-0.3, -0.25) is 9.59 Å². The number of ketones is 1. The van der Waals surface area contributed by atoms with Crippen molar-refractivity contribution >= 4 is 11.8 Å². The van der Waals surface area contributed by atoms with Gasteiger partial charge in [-0.05, 0) is 91.8 Å². The normalized spacial score (nSPS) is 49.1. The molecule has 4 fully saturated rings. The minimum absolute atomic E-state index is 0.187. The fourth-order valence-corrected chi connectivity index (χ4v) is 8.44. The Bertz CT molecular complexity index is 645. The molecule has 0 bridgehead atoms. The molecule has 4 heteroatoms. The lowest BCUT2D eigenvalue weighted by molar-refractivity contribution is -0.160. The second-order valence-corrected chi connectivity index (χ2v) is 11.2. The zero-order valence-electron chi connectivity index (χ0n) is 17.8. The van der Waals surface area contributed by atoms with Gasteiger partial charge >= 0.3 is 5.97 Å². The molecule has 4 aliphatic rings. The molecule has 4 saturated carbocycles. The fourth-order valence-electron chi connectivity index (χ4n) is 8.44. The van der Waals surface area contributed by atoms with Gasteiger partial charge in [0.2, 0.25) is 0 Å². The number of fused-ring (bicyclic) bond motifs is 5. The molecule has 158 valence electrons. The standard InChI is InChI=1S/C24H38O4/c1-14(4-7-21(27)28)17-5-6-18-22-19(9-11-24(17,18)3)23(2)10-8-16(25)12-15(23)13-20(22)26/h14-19,22,25H,4-13H2,1-3H3,(H,27,28)/t14-,15?,16+,17+,18-,19-,22-,23-,24+/m0/s1. The molecule has 0 amide bonds. The van der Waals surface area contributed by atoms with Gasteiger partial charge in [0.05, 0.1) is 6.10 Å². The van der Waals surface area contributed by atoms with Gasteiger partial charge in [-0.2, -0.15) is 0 Å². The maximum Gasteiger partial charge on any atom is 0.303 e. The van der Waals surface area contributed by atoms with Crippen LogP contribution in [0.25, 0.3) is 0 Å². The Morgan fingerprint density at radius 2 is 1.79 bits per heavy atom. The Hall–Kier alpha value is -0.900. The highest BCUT2D eigenvalue weighted by molar-refractivity contribution is 5.83. The summed E-state index contributed by atoms with van der Waals surface area (Å²) in [5, 5.41) is 19.3. The van der Waals surface area contributed by atoms with Crippen molar-refractivity contribution in [3.05, 3.63) is 0 Å². The number of carbonyl (C=O) groups excluding carboxylic acids is 1. The molecule has 9 atom stereocenters. The van der Waals surface area contributed by atoms with Crippen LogP contribution in [0, 0.1) is 46.3 Å². The maximum absolute atomic E-state index is 13.3. The van der Waals surface area contributed by atoms with Crippen LogP contribution in [-0.4, -0.2) is 28.1 Å². The van der Waals surface area contributed by atoms with Gasteiger partial charge < -0.3 is 10.2 Å². The number of rotatable bonds is 4. The van der Waals surface area contributed by atoms with E-state index in [4.69, 9.17) is 5.11 Å². The van der Waals surface area contributed by atoms with Gasteiger partial charge in [-0.15, -0.1) is 0 Å². The first kappa shape index (κ1) is 20.4. The molecule has 4 nitrogen and oxygen atoms in total. The molecule has 4 rings (SSSR count). The average Bonchev–Trinajstić information content (AvgIpc) is 2.98. The number of aliphatic hydroxyl groups excluding tert-OH is 1. The summed E-state index contributed by atoms with van der Waals surface area (Å²) in [5.74, 6) is 2.25. The molecule has 0 radical (unpaired) electrons. The van der Waals surface area contributed by atoms with Crippen molar-refractivity contribution in [3.63, 3.8) is 0 Å². The van der Waals surface area contributed by atoms with E-state index in [1.165, 1.54) is 6.42 Å². The molecule has 0 saturated heterocycles. The number of carbonyl (C=O) groups is 2. The lowest BCUT2D eigenvalue weighted by Crippen LogP contribution is -2.57. The van der Waals surface area contributed by atoms with Gasteiger partial charge in [0.15, 0.2) is 0 Å². The number of aliphatic carboxylic acids is 1. The van der Waals surface area contributed by atoms with Crippen LogP contribution in [0.1, 0.15) is 85.0 Å². The first-order valence-electron chi connectivity index (χ1n) is 11.6. The lowest BCUT2D eigenvalue weighted by Gasteiger charge is -2.60. The van der Waals surface area contributed by atoms with Crippen molar-refractivity contribution < 1.29 is 19.8 Å². The minimum Gasteiger partial charge on any atom is -0.481 e. The molecule has 0 aromatic heterocycles. The maximum atomic E-state index is 13.3. The van der Waals surface area contributed by atoms with Crippen molar-refractivity contribution in [1.29, 1.82) is 0 Å². The van der Waals surface area contributed by atoms with Gasteiger partial charge in [-0.1, -0.05) is 20.8 Å². The monoisotopic (exact) mass is 390 g/mol. The third-order valence-electron chi connectivity index (χ3n) is 10.0. The molecular weight excluding hydrogens is 352 g/mol. The highest BCUT2D eigenvalue weighted by Gasteiger charge is 2.62. The number of carboxylic acids is 1. The Morgan fingerprint density at radius 3 is 2.50 bits per heavy atom. The highest BCUT2D eigenvalue weighted by Crippen LogP contribution is 2.67. The van der Waals surface area contributed by atoms with Crippen molar-refractivity contribution in [3.8, 4) is 0 Å². The second kappa shape index (κ2) is 7.11. The second-order valence-electron chi connectivity index (χ2n) is 11.2. The van der Waals surface area contributed by atoms with Crippen LogP contribution >= 0.6 is 0 Å². The van der Waals surface area contributed by atoms with Crippen LogP contribution in [0.4, 0.5) is 0 Å². The summed E-state index contributed by atoms with van der Waals surface area (Å²) in [6.45, 7) is 7.06. The van der Waals surface area contributed by atoms with E-state index in [9.17, 15) is 14.7 Å². The van der Waals surface area contributed by atoms with E-state index in [-0.39, 0.29) is 29.3 Å². The molecule has 28 heavy (non-hydrogen) atoms. The third-order valence-corrected chi connectivity index (χ3v) is 10.0. The van der Waals surface area contributed by atoms with E-state index < -0.39 is 5.97 Å². The summed E-state index contributed by atoms with van der Waals surface area (Å²) in [7, 11) is 0. The van der Waals surface area contributed by atoms with Crippen molar-refractivity contribution in [2.45, 2.75) is 91.1 Å². The zero-order valence-corrected chi connectivity index (χ0v) is 17.8. The molecule has 0 aromatic carbocycles. The summed E-state index contributed by atoms with van der Waals surface area (Å²) < 4.78 is 0. The third kappa shape index (κ3) is 3.05. The SMILES string of the molecule is C[C@@H](CCC(=O)O)[C@H]1CC[C@H]2[C@@H]3C(=O)CC4C[C@H](O)CC[C@]4(C)[C@H]3CC[C@]12C. The molecule has 0 aromatic rings. The summed E-state index contributed by atoms with van der Waals surface area (Å²) in [6.07, 6.45) is 8.81. The predicted molar refractivity (Wildman–Crippen MR) is 108 cm³/mol. The Morgan fingerprint density at radius 1 is 1.11 bits per heavy atom. The first-order chi connectivity index (χ1) is 13.2. The molecule has 2 N–H and O–H groups in total. The van der Waals surface area contributed by atoms with Crippen LogP contribution in [0.15, 0.2) is 0 Å². The van der Waals surface area contributed by atoms with E-state index in [0.29, 0.717) is 41.8 Å². The Labute approximate surface area is 169 Å². The van der Waals surface area contributed by atoms with Crippen LogP contribution in [0.5, 0.6) is 0 Å². The van der Waals surface area contributed by atoms with Crippen LogP contribution in [0.2, 0.25) is 0 Å². The number of carboxylic acid groups (broad SMARTS) is 1. The number of hydrogen-bond donors (Lipinski definition) is 2.